The van der Waals surface area contributed by atoms with Crippen molar-refractivity contribution in [3.05, 3.63) is 34.3 Å². The topological polar surface area (TPSA) is 98.5 Å². The lowest BCUT2D eigenvalue weighted by Gasteiger charge is -2.14. The monoisotopic (exact) mass is 264 g/mol. The van der Waals surface area contributed by atoms with Gasteiger partial charge in [-0.2, -0.15) is 0 Å². The Bertz CT molecular complexity index is 671. The van der Waals surface area contributed by atoms with Crippen LogP contribution in [0.1, 0.15) is 24.9 Å². The number of carbonyl (C=O) groups is 1. The fraction of sp³-hybridized carbons (Fsp3) is 0.385. The molecule has 0 spiro atoms. The number of aliphatic carboxylic acids is 1. The van der Waals surface area contributed by atoms with Crippen LogP contribution in [0.25, 0.3) is 11.1 Å². The summed E-state index contributed by atoms with van der Waals surface area (Å²) in [6.07, 6.45) is 0.340. The first-order valence-electron chi connectivity index (χ1n) is 5.98. The van der Waals surface area contributed by atoms with E-state index in [0.29, 0.717) is 17.5 Å². The molecular weight excluding hydrogens is 248 g/mol. The molecule has 0 aliphatic carbocycles. The van der Waals surface area contributed by atoms with E-state index in [9.17, 15) is 9.59 Å². The maximum absolute atomic E-state index is 11.4. The molecule has 1 aromatic carbocycles. The maximum atomic E-state index is 11.4. The van der Waals surface area contributed by atoms with Crippen LogP contribution < -0.4 is 11.5 Å². The summed E-state index contributed by atoms with van der Waals surface area (Å²) in [5, 5.41) is 8.88. The summed E-state index contributed by atoms with van der Waals surface area (Å²) in [4.78, 5) is 22.2. The number of rotatable bonds is 4. The van der Waals surface area contributed by atoms with Crippen molar-refractivity contribution in [1.82, 2.24) is 4.57 Å². The number of benzene rings is 1. The minimum atomic E-state index is -0.868. The molecule has 0 aliphatic rings. The summed E-state index contributed by atoms with van der Waals surface area (Å²) in [6, 6.07) is 4.81. The first-order valence-corrected chi connectivity index (χ1v) is 5.98. The zero-order chi connectivity index (χ0) is 14.2. The van der Waals surface area contributed by atoms with E-state index in [1.54, 1.807) is 32.2 Å². The second-order valence-electron chi connectivity index (χ2n) is 4.74. The van der Waals surface area contributed by atoms with Gasteiger partial charge in [0.2, 0.25) is 0 Å². The number of hydrogen-bond donors (Lipinski definition) is 2. The van der Waals surface area contributed by atoms with E-state index in [-0.39, 0.29) is 6.04 Å². The van der Waals surface area contributed by atoms with E-state index in [1.807, 2.05) is 0 Å². The van der Waals surface area contributed by atoms with Crippen LogP contribution >= 0.6 is 0 Å². The second kappa shape index (κ2) is 4.89. The van der Waals surface area contributed by atoms with Crippen LogP contribution in [-0.4, -0.2) is 15.6 Å². The third kappa shape index (κ3) is 2.53. The number of carboxylic acids is 1. The molecule has 0 saturated heterocycles. The Labute approximate surface area is 109 Å². The first kappa shape index (κ1) is 13.4. The van der Waals surface area contributed by atoms with E-state index in [2.05, 4.69) is 0 Å². The number of nitrogens with zero attached hydrogens (tertiary/aromatic N) is 1. The minimum absolute atomic E-state index is 0.340. The van der Waals surface area contributed by atoms with Gasteiger partial charge in [-0.3, -0.25) is 9.36 Å². The lowest BCUT2D eigenvalue weighted by Crippen LogP contribution is -2.19. The van der Waals surface area contributed by atoms with Crippen molar-refractivity contribution in [2.24, 2.45) is 18.7 Å². The molecule has 0 fully saturated rings. The van der Waals surface area contributed by atoms with Crippen molar-refractivity contribution in [3.8, 4) is 0 Å². The van der Waals surface area contributed by atoms with Crippen molar-refractivity contribution in [1.29, 1.82) is 0 Å². The Morgan fingerprint density at radius 3 is 2.84 bits per heavy atom. The molecule has 19 heavy (non-hydrogen) atoms. The van der Waals surface area contributed by atoms with Crippen molar-refractivity contribution >= 4 is 17.1 Å². The number of aromatic nitrogens is 1. The quantitative estimate of drug-likeness (QED) is 0.865. The van der Waals surface area contributed by atoms with Crippen molar-refractivity contribution in [2.75, 3.05) is 0 Å². The molecule has 6 nitrogen and oxygen atoms in total. The van der Waals surface area contributed by atoms with E-state index in [4.69, 9.17) is 15.3 Å². The Morgan fingerprint density at radius 2 is 2.21 bits per heavy atom. The van der Waals surface area contributed by atoms with Crippen LogP contribution in [0.15, 0.2) is 27.4 Å². The van der Waals surface area contributed by atoms with Crippen LogP contribution in [0.2, 0.25) is 0 Å². The van der Waals surface area contributed by atoms with E-state index in [1.165, 1.54) is 4.57 Å². The second-order valence-corrected chi connectivity index (χ2v) is 4.74. The molecule has 1 aromatic heterocycles. The molecule has 2 rings (SSSR count). The molecule has 0 bridgehead atoms. The van der Waals surface area contributed by atoms with Gasteiger partial charge in [0.15, 0.2) is 5.58 Å². The molecule has 2 atom stereocenters. The van der Waals surface area contributed by atoms with Gasteiger partial charge in [0.25, 0.3) is 0 Å². The fourth-order valence-electron chi connectivity index (χ4n) is 1.99. The summed E-state index contributed by atoms with van der Waals surface area (Å²) >= 11 is 0. The van der Waals surface area contributed by atoms with Gasteiger partial charge in [0, 0.05) is 13.1 Å². The predicted molar refractivity (Wildman–Crippen MR) is 69.8 cm³/mol. The smallest absolute Gasteiger partial charge is 0.419 e. The molecular formula is C13H16N2O4. The van der Waals surface area contributed by atoms with Gasteiger partial charge < -0.3 is 15.3 Å². The number of carboxylic acid groups (broad SMARTS) is 1. The Balaban J connectivity index is 2.32. The molecule has 2 unspecified atom stereocenters. The highest BCUT2D eigenvalue weighted by molar-refractivity contribution is 5.74. The Morgan fingerprint density at radius 1 is 1.53 bits per heavy atom. The number of hydrogen-bond acceptors (Lipinski definition) is 4. The highest BCUT2D eigenvalue weighted by Gasteiger charge is 2.17. The summed E-state index contributed by atoms with van der Waals surface area (Å²) in [5.41, 5.74) is 7.94. The van der Waals surface area contributed by atoms with Crippen molar-refractivity contribution < 1.29 is 14.3 Å². The number of aryl methyl sites for hydroxylation is 1. The average Bonchev–Trinajstić information content (AvgIpc) is 2.64. The van der Waals surface area contributed by atoms with Crippen LogP contribution in [0, 0.1) is 5.92 Å². The largest absolute Gasteiger partial charge is 0.481 e. The molecule has 3 N–H and O–H groups in total. The average molecular weight is 264 g/mol. The van der Waals surface area contributed by atoms with E-state index >= 15 is 0 Å². The zero-order valence-electron chi connectivity index (χ0n) is 10.8. The molecule has 102 valence electrons. The van der Waals surface area contributed by atoms with Crippen LogP contribution in [0.4, 0.5) is 0 Å². The van der Waals surface area contributed by atoms with E-state index in [0.717, 1.165) is 5.56 Å². The van der Waals surface area contributed by atoms with Gasteiger partial charge in [-0.1, -0.05) is 13.0 Å². The minimum Gasteiger partial charge on any atom is -0.481 e. The number of fused-ring (bicyclic) bond motifs is 1. The summed E-state index contributed by atoms with van der Waals surface area (Å²) < 4.78 is 6.42. The normalized spacial score (nSPS) is 14.5. The molecule has 0 radical (unpaired) electrons. The zero-order valence-corrected chi connectivity index (χ0v) is 10.8. The number of oxazole rings is 1. The van der Waals surface area contributed by atoms with Crippen LogP contribution in [0.5, 0.6) is 0 Å². The third-order valence-electron chi connectivity index (χ3n) is 3.27. The third-order valence-corrected chi connectivity index (χ3v) is 3.27. The SMILES string of the molecule is CC(CC(N)c1ccc2oc(=O)n(C)c2c1)C(=O)O. The molecule has 0 saturated carbocycles. The molecule has 1 heterocycles. The van der Waals surface area contributed by atoms with Crippen LogP contribution in [0.3, 0.4) is 0 Å². The van der Waals surface area contributed by atoms with E-state index < -0.39 is 17.6 Å². The molecule has 0 amide bonds. The van der Waals surface area contributed by atoms with Gasteiger partial charge >= 0.3 is 11.7 Å². The highest BCUT2D eigenvalue weighted by Crippen LogP contribution is 2.22. The van der Waals surface area contributed by atoms with Crippen LogP contribution in [-0.2, 0) is 11.8 Å². The molecule has 6 heteroatoms. The Kier molecular flexibility index (Phi) is 3.44. The first-order chi connectivity index (χ1) is 8.90. The number of nitrogens with two attached hydrogens (primary N) is 1. The Hall–Kier alpha value is -2.08. The fourth-order valence-corrected chi connectivity index (χ4v) is 1.99. The summed E-state index contributed by atoms with van der Waals surface area (Å²) in [5.74, 6) is -1.81. The van der Waals surface area contributed by atoms with Gasteiger partial charge in [0.1, 0.15) is 0 Å². The summed E-state index contributed by atoms with van der Waals surface area (Å²) in [7, 11) is 1.61. The van der Waals surface area contributed by atoms with Gasteiger partial charge in [-0.25, -0.2) is 4.79 Å². The standard InChI is InChI=1S/C13H16N2O4/c1-7(12(16)17)5-9(14)8-3-4-11-10(6-8)15(2)13(18)19-11/h3-4,6-7,9H,5,14H2,1-2H3,(H,16,17). The molecule has 0 aliphatic heterocycles. The molecule has 2 aromatic rings. The lowest BCUT2D eigenvalue weighted by molar-refractivity contribution is -0.141. The maximum Gasteiger partial charge on any atom is 0.419 e. The van der Waals surface area contributed by atoms with Gasteiger partial charge in [0.05, 0.1) is 11.4 Å². The lowest BCUT2D eigenvalue weighted by atomic mass is 9.96. The summed E-state index contributed by atoms with van der Waals surface area (Å²) in [6.45, 7) is 1.62. The van der Waals surface area contributed by atoms with Gasteiger partial charge in [-0.15, -0.1) is 0 Å². The van der Waals surface area contributed by atoms with Crippen molar-refractivity contribution in [3.63, 3.8) is 0 Å². The van der Waals surface area contributed by atoms with Crippen molar-refractivity contribution in [2.45, 2.75) is 19.4 Å². The van der Waals surface area contributed by atoms with Gasteiger partial charge in [-0.05, 0) is 24.1 Å². The predicted octanol–water partition coefficient (Wildman–Crippen LogP) is 1.24. The highest BCUT2D eigenvalue weighted by atomic mass is 16.4.